The van der Waals surface area contributed by atoms with E-state index in [0.717, 1.165) is 16.9 Å². The van der Waals surface area contributed by atoms with Crippen LogP contribution in [-0.2, 0) is 19.5 Å². The van der Waals surface area contributed by atoms with Crippen LogP contribution >= 0.6 is 0 Å². The molecule has 0 radical (unpaired) electrons. The van der Waals surface area contributed by atoms with Crippen molar-refractivity contribution in [3.8, 4) is 11.9 Å². The Morgan fingerprint density at radius 2 is 1.39 bits per heavy atom. The molecule has 0 unspecified atom stereocenters. The molecule has 3 aromatic carbocycles. The first-order valence-corrected chi connectivity index (χ1v) is 10.9. The van der Waals surface area contributed by atoms with Crippen molar-refractivity contribution in [2.24, 2.45) is 0 Å². The number of para-hydroxylation sites is 2. The van der Waals surface area contributed by atoms with Gasteiger partial charge in [-0.3, -0.25) is 9.36 Å². The van der Waals surface area contributed by atoms with Gasteiger partial charge in [-0.05, 0) is 48.7 Å². The Morgan fingerprint density at radius 3 is 1.91 bits per heavy atom. The molecule has 0 aliphatic carbocycles. The molecule has 1 N–H and O–H groups in total. The van der Waals surface area contributed by atoms with Crippen molar-refractivity contribution in [3.63, 3.8) is 0 Å². The van der Waals surface area contributed by atoms with Crippen LogP contribution < -0.4 is 10.5 Å². The average molecular weight is 436 g/mol. The highest BCUT2D eigenvalue weighted by atomic mass is 16.3. The minimum Gasteiger partial charge on any atom is -0.494 e. The molecule has 5 nitrogen and oxygen atoms in total. The van der Waals surface area contributed by atoms with E-state index in [1.807, 2.05) is 91.0 Å². The van der Waals surface area contributed by atoms with E-state index in [-0.39, 0.29) is 18.0 Å². The summed E-state index contributed by atoms with van der Waals surface area (Å²) in [6.07, 6.45) is 0.572. The predicted octanol–water partition coefficient (Wildman–Crippen LogP) is 5.32. The zero-order chi connectivity index (χ0) is 23.2. The monoisotopic (exact) mass is 435 g/mol. The van der Waals surface area contributed by atoms with Crippen LogP contribution in [0.15, 0.2) is 95.8 Å². The van der Waals surface area contributed by atoms with Crippen molar-refractivity contribution in [3.05, 3.63) is 124 Å². The molecule has 1 heterocycles. The molecule has 0 fully saturated rings. The molecule has 4 rings (SSSR count). The third-order valence-electron chi connectivity index (χ3n) is 5.84. The number of benzene rings is 3. The van der Waals surface area contributed by atoms with Crippen LogP contribution in [0, 0.1) is 18.3 Å². The fraction of sp³-hybridized carbons (Fsp3) is 0.143. The number of aromatic nitrogens is 1. The summed E-state index contributed by atoms with van der Waals surface area (Å²) < 4.78 is 1.32. The summed E-state index contributed by atoms with van der Waals surface area (Å²) in [5, 5.41) is 21.0. The Bertz CT molecular complexity index is 1290. The van der Waals surface area contributed by atoms with Crippen LogP contribution in [0.2, 0.25) is 0 Å². The number of aromatic hydroxyl groups is 1. The zero-order valence-corrected chi connectivity index (χ0v) is 18.5. The number of rotatable bonds is 7. The number of pyridine rings is 1. The fourth-order valence-electron chi connectivity index (χ4n) is 3.99. The second kappa shape index (κ2) is 9.88. The first-order chi connectivity index (χ1) is 16.1. The zero-order valence-electron chi connectivity index (χ0n) is 18.5. The maximum absolute atomic E-state index is 13.0. The maximum Gasteiger partial charge on any atom is 0.271 e. The predicted molar refractivity (Wildman–Crippen MR) is 131 cm³/mol. The topological polar surface area (TPSA) is 69.3 Å². The molecule has 1 aromatic heterocycles. The molecule has 4 aromatic rings. The summed E-state index contributed by atoms with van der Waals surface area (Å²) in [4.78, 5) is 15.1. The number of aryl methyl sites for hydroxylation is 1. The van der Waals surface area contributed by atoms with Gasteiger partial charge in [0, 0.05) is 23.5 Å². The SMILES string of the molecule is Cc1c(CN(c2ccccc2)c2ccccc2)c(O)n(CCc2ccccc2)c(=O)c1C#N. The number of nitrogens with zero attached hydrogens (tertiary/aromatic N) is 3. The third-order valence-corrected chi connectivity index (χ3v) is 5.84. The van der Waals surface area contributed by atoms with E-state index in [1.165, 1.54) is 4.57 Å². The van der Waals surface area contributed by atoms with E-state index in [9.17, 15) is 15.2 Å². The molecule has 0 aliphatic heterocycles. The Hall–Kier alpha value is -4.30. The van der Waals surface area contributed by atoms with E-state index in [0.29, 0.717) is 24.1 Å². The molecule has 0 amide bonds. The summed E-state index contributed by atoms with van der Waals surface area (Å²) in [5.41, 5.74) is 3.63. The molecule has 164 valence electrons. The molecular formula is C28H25N3O2. The standard InChI is InChI=1S/C28H25N3O2/c1-21-25(19-29)27(32)30(18-17-22-11-5-2-6-12-22)28(33)26(21)20-31(23-13-7-3-8-14-23)24-15-9-4-10-16-24/h2-16,33H,17-18,20H2,1H3. The van der Waals surface area contributed by atoms with Crippen LogP contribution in [0.3, 0.4) is 0 Å². The second-order valence-electron chi connectivity index (χ2n) is 7.86. The summed E-state index contributed by atoms with van der Waals surface area (Å²) in [7, 11) is 0. The minimum atomic E-state index is -0.460. The molecule has 5 heteroatoms. The first kappa shape index (κ1) is 21.9. The van der Waals surface area contributed by atoms with Gasteiger partial charge in [-0.25, -0.2) is 0 Å². The number of anilines is 2. The van der Waals surface area contributed by atoms with Gasteiger partial charge in [0.25, 0.3) is 5.56 Å². The van der Waals surface area contributed by atoms with Crippen LogP contribution in [0.5, 0.6) is 5.88 Å². The van der Waals surface area contributed by atoms with E-state index in [4.69, 9.17) is 0 Å². The molecule has 0 bridgehead atoms. The molecule has 0 saturated carbocycles. The average Bonchev–Trinajstić information content (AvgIpc) is 2.86. The van der Waals surface area contributed by atoms with Gasteiger partial charge in [0.05, 0.1) is 6.54 Å². The lowest BCUT2D eigenvalue weighted by molar-refractivity contribution is 0.398. The first-order valence-electron chi connectivity index (χ1n) is 10.9. The highest BCUT2D eigenvalue weighted by Gasteiger charge is 2.22. The van der Waals surface area contributed by atoms with Crippen molar-refractivity contribution in [2.45, 2.75) is 26.4 Å². The molecule has 33 heavy (non-hydrogen) atoms. The van der Waals surface area contributed by atoms with Crippen molar-refractivity contribution < 1.29 is 5.11 Å². The molecule has 0 spiro atoms. The highest BCUT2D eigenvalue weighted by Crippen LogP contribution is 2.31. The summed E-state index contributed by atoms with van der Waals surface area (Å²) in [6.45, 7) is 2.32. The van der Waals surface area contributed by atoms with E-state index >= 15 is 0 Å². The lowest BCUT2D eigenvalue weighted by Gasteiger charge is -2.27. The van der Waals surface area contributed by atoms with E-state index in [2.05, 4.69) is 11.0 Å². The quantitative estimate of drug-likeness (QED) is 0.427. The Morgan fingerprint density at radius 1 is 0.879 bits per heavy atom. The summed E-state index contributed by atoms with van der Waals surface area (Å²) in [6, 6.07) is 31.6. The van der Waals surface area contributed by atoms with Gasteiger partial charge in [0.1, 0.15) is 11.6 Å². The van der Waals surface area contributed by atoms with Crippen LogP contribution in [0.4, 0.5) is 11.4 Å². The highest BCUT2D eigenvalue weighted by molar-refractivity contribution is 5.64. The van der Waals surface area contributed by atoms with Gasteiger partial charge < -0.3 is 10.0 Å². The lowest BCUT2D eigenvalue weighted by Crippen LogP contribution is -2.28. The van der Waals surface area contributed by atoms with Crippen molar-refractivity contribution in [1.82, 2.24) is 4.57 Å². The van der Waals surface area contributed by atoms with Gasteiger partial charge >= 0.3 is 0 Å². The molecule has 0 saturated heterocycles. The molecular weight excluding hydrogens is 410 g/mol. The van der Waals surface area contributed by atoms with Gasteiger partial charge in [0.15, 0.2) is 5.88 Å². The Kier molecular flexibility index (Phi) is 6.56. The Balaban J connectivity index is 1.79. The van der Waals surface area contributed by atoms with Crippen LogP contribution in [-0.4, -0.2) is 9.67 Å². The maximum atomic E-state index is 13.0. The smallest absolute Gasteiger partial charge is 0.271 e. The second-order valence-corrected chi connectivity index (χ2v) is 7.86. The molecule has 0 atom stereocenters. The summed E-state index contributed by atoms with van der Waals surface area (Å²) >= 11 is 0. The van der Waals surface area contributed by atoms with Crippen molar-refractivity contribution in [2.75, 3.05) is 4.90 Å². The summed E-state index contributed by atoms with van der Waals surface area (Å²) in [5.74, 6) is -0.0932. The van der Waals surface area contributed by atoms with Gasteiger partial charge in [-0.1, -0.05) is 66.7 Å². The van der Waals surface area contributed by atoms with Gasteiger partial charge in [-0.15, -0.1) is 0 Å². The third kappa shape index (κ3) is 4.65. The lowest BCUT2D eigenvalue weighted by atomic mass is 10.0. The number of hydrogen-bond acceptors (Lipinski definition) is 4. The van der Waals surface area contributed by atoms with Crippen molar-refractivity contribution >= 4 is 11.4 Å². The number of nitriles is 1. The van der Waals surface area contributed by atoms with Gasteiger partial charge in [0.2, 0.25) is 0 Å². The normalized spacial score (nSPS) is 10.5. The van der Waals surface area contributed by atoms with E-state index in [1.54, 1.807) is 6.92 Å². The fourth-order valence-corrected chi connectivity index (χ4v) is 3.99. The molecule has 0 aliphatic rings. The van der Waals surface area contributed by atoms with E-state index < -0.39 is 5.56 Å². The largest absolute Gasteiger partial charge is 0.494 e. The minimum absolute atomic E-state index is 0.0666. The van der Waals surface area contributed by atoms with Gasteiger partial charge in [-0.2, -0.15) is 5.26 Å². The van der Waals surface area contributed by atoms with Crippen LogP contribution in [0.1, 0.15) is 22.3 Å². The van der Waals surface area contributed by atoms with Crippen LogP contribution in [0.25, 0.3) is 0 Å². The Labute approximate surface area is 193 Å². The van der Waals surface area contributed by atoms with Crippen molar-refractivity contribution in [1.29, 1.82) is 5.26 Å². The number of hydrogen-bond donors (Lipinski definition) is 1.